The predicted octanol–water partition coefficient (Wildman–Crippen LogP) is 0.622. The van der Waals surface area contributed by atoms with E-state index in [0.29, 0.717) is 11.3 Å². The Kier molecular flexibility index (Phi) is 1.85. The van der Waals surface area contributed by atoms with E-state index in [9.17, 15) is 4.79 Å². The van der Waals surface area contributed by atoms with Crippen molar-refractivity contribution in [2.45, 2.75) is 0 Å². The van der Waals surface area contributed by atoms with Gasteiger partial charge in [-0.3, -0.25) is 0 Å². The minimum Gasteiger partial charge on any atom is -0.399 e. The van der Waals surface area contributed by atoms with Crippen LogP contribution in [0.5, 0.6) is 0 Å². The molecule has 5 heteroatoms. The van der Waals surface area contributed by atoms with E-state index in [-0.39, 0.29) is 5.89 Å². The van der Waals surface area contributed by atoms with Gasteiger partial charge in [-0.15, -0.1) is 5.10 Å². The second-order valence-corrected chi connectivity index (χ2v) is 2.92. The molecule has 72 valence electrons. The molecule has 0 saturated carbocycles. The van der Waals surface area contributed by atoms with Gasteiger partial charge in [-0.05, 0) is 18.2 Å². The van der Waals surface area contributed by atoms with Crippen LogP contribution in [0.2, 0.25) is 0 Å². The van der Waals surface area contributed by atoms with E-state index in [1.54, 1.807) is 24.3 Å². The van der Waals surface area contributed by atoms with Crippen molar-refractivity contribution < 1.29 is 4.42 Å². The SMILES string of the molecule is Cn1nc(-c2cccc(N)c2)oc1=O. The fourth-order valence-corrected chi connectivity index (χ4v) is 1.13. The quantitative estimate of drug-likeness (QED) is 0.670. The largest absolute Gasteiger partial charge is 0.437 e. The number of aromatic nitrogens is 2. The van der Waals surface area contributed by atoms with Crippen LogP contribution in [0.1, 0.15) is 0 Å². The third-order valence-corrected chi connectivity index (χ3v) is 1.82. The number of rotatable bonds is 1. The number of hydrogen-bond acceptors (Lipinski definition) is 4. The monoisotopic (exact) mass is 191 g/mol. The molecule has 0 bridgehead atoms. The first-order chi connectivity index (χ1) is 6.66. The van der Waals surface area contributed by atoms with Gasteiger partial charge in [-0.25, -0.2) is 4.79 Å². The minimum atomic E-state index is -0.484. The first kappa shape index (κ1) is 8.55. The zero-order chi connectivity index (χ0) is 10.1. The molecule has 0 atom stereocenters. The van der Waals surface area contributed by atoms with Crippen molar-refractivity contribution in [2.24, 2.45) is 7.05 Å². The molecule has 1 heterocycles. The van der Waals surface area contributed by atoms with Gasteiger partial charge in [0.05, 0.1) is 0 Å². The van der Waals surface area contributed by atoms with Gasteiger partial charge in [0.1, 0.15) is 0 Å². The van der Waals surface area contributed by atoms with Gasteiger partial charge < -0.3 is 10.2 Å². The Hall–Kier alpha value is -2.04. The summed E-state index contributed by atoms with van der Waals surface area (Å²) in [5, 5.41) is 3.90. The Morgan fingerprint density at radius 1 is 1.50 bits per heavy atom. The van der Waals surface area contributed by atoms with Crippen molar-refractivity contribution >= 4 is 5.69 Å². The average Bonchev–Trinajstić information content (AvgIpc) is 2.47. The standard InChI is InChI=1S/C9H9N3O2/c1-12-9(13)14-8(11-12)6-3-2-4-7(10)5-6/h2-5H,10H2,1H3. The molecule has 1 aromatic carbocycles. The second kappa shape index (κ2) is 3.02. The van der Waals surface area contributed by atoms with Gasteiger partial charge in [-0.2, -0.15) is 4.68 Å². The summed E-state index contributed by atoms with van der Waals surface area (Å²) < 4.78 is 6.03. The van der Waals surface area contributed by atoms with Crippen molar-refractivity contribution in [1.29, 1.82) is 0 Å². The summed E-state index contributed by atoms with van der Waals surface area (Å²) in [6, 6.07) is 7.01. The molecule has 2 rings (SSSR count). The highest BCUT2D eigenvalue weighted by Gasteiger charge is 2.06. The van der Waals surface area contributed by atoms with E-state index in [1.807, 2.05) is 0 Å². The second-order valence-electron chi connectivity index (χ2n) is 2.92. The highest BCUT2D eigenvalue weighted by Crippen LogP contribution is 2.17. The molecule has 0 aliphatic heterocycles. The lowest BCUT2D eigenvalue weighted by Crippen LogP contribution is -2.09. The van der Waals surface area contributed by atoms with Crippen molar-refractivity contribution in [3.05, 3.63) is 34.8 Å². The van der Waals surface area contributed by atoms with Crippen molar-refractivity contribution in [1.82, 2.24) is 9.78 Å². The van der Waals surface area contributed by atoms with E-state index >= 15 is 0 Å². The van der Waals surface area contributed by atoms with E-state index in [1.165, 1.54) is 7.05 Å². The lowest BCUT2D eigenvalue weighted by atomic mass is 10.2. The normalized spacial score (nSPS) is 10.4. The Morgan fingerprint density at radius 2 is 2.29 bits per heavy atom. The lowest BCUT2D eigenvalue weighted by molar-refractivity contribution is 0.505. The molecule has 0 radical (unpaired) electrons. The summed E-state index contributed by atoms with van der Waals surface area (Å²) in [5.74, 6) is -0.202. The van der Waals surface area contributed by atoms with Gasteiger partial charge in [0.2, 0.25) is 5.89 Å². The van der Waals surface area contributed by atoms with Crippen LogP contribution in [0.4, 0.5) is 5.69 Å². The molecule has 0 fully saturated rings. The number of nitrogen functional groups attached to an aromatic ring is 1. The fraction of sp³-hybridized carbons (Fsp3) is 0.111. The number of nitrogens with zero attached hydrogens (tertiary/aromatic N) is 2. The maximum absolute atomic E-state index is 11.0. The van der Waals surface area contributed by atoms with Gasteiger partial charge in [-0.1, -0.05) is 6.07 Å². The van der Waals surface area contributed by atoms with E-state index < -0.39 is 5.76 Å². The zero-order valence-corrected chi connectivity index (χ0v) is 7.60. The summed E-state index contributed by atoms with van der Waals surface area (Å²) >= 11 is 0. The van der Waals surface area contributed by atoms with Crippen LogP contribution >= 0.6 is 0 Å². The summed E-state index contributed by atoms with van der Waals surface area (Å²) in [7, 11) is 1.53. The van der Waals surface area contributed by atoms with Crippen molar-refractivity contribution in [3.8, 4) is 11.5 Å². The smallest absolute Gasteiger partial charge is 0.399 e. The highest BCUT2D eigenvalue weighted by atomic mass is 16.4. The summed E-state index contributed by atoms with van der Waals surface area (Å²) in [6.07, 6.45) is 0. The van der Waals surface area contributed by atoms with Gasteiger partial charge >= 0.3 is 5.76 Å². The predicted molar refractivity (Wildman–Crippen MR) is 51.6 cm³/mol. The minimum absolute atomic E-state index is 0.282. The molecule has 0 aliphatic carbocycles. The van der Waals surface area contributed by atoms with Crippen LogP contribution in [0.3, 0.4) is 0 Å². The van der Waals surface area contributed by atoms with E-state index in [2.05, 4.69) is 5.10 Å². The Bertz CT molecular complexity index is 513. The molecular formula is C9H9N3O2. The Balaban J connectivity index is 2.54. The topological polar surface area (TPSA) is 74.1 Å². The molecule has 2 aromatic rings. The Morgan fingerprint density at radius 3 is 2.86 bits per heavy atom. The number of hydrogen-bond donors (Lipinski definition) is 1. The Labute approximate surface area is 79.8 Å². The molecular weight excluding hydrogens is 182 g/mol. The average molecular weight is 191 g/mol. The van der Waals surface area contributed by atoms with Crippen LogP contribution in [0, 0.1) is 0 Å². The summed E-state index contributed by atoms with van der Waals surface area (Å²) in [4.78, 5) is 11.0. The molecule has 0 spiro atoms. The van der Waals surface area contributed by atoms with Crippen LogP contribution in [0.25, 0.3) is 11.5 Å². The van der Waals surface area contributed by atoms with Gasteiger partial charge in [0.25, 0.3) is 0 Å². The maximum Gasteiger partial charge on any atom is 0.437 e. The number of aryl methyl sites for hydroxylation is 1. The molecule has 0 aliphatic rings. The van der Waals surface area contributed by atoms with Gasteiger partial charge in [0, 0.05) is 18.3 Å². The summed E-state index contributed by atoms with van der Waals surface area (Å²) in [5.41, 5.74) is 6.89. The molecule has 1 aromatic heterocycles. The third kappa shape index (κ3) is 1.39. The first-order valence-corrected chi connectivity index (χ1v) is 4.07. The molecule has 5 nitrogen and oxygen atoms in total. The molecule has 2 N–H and O–H groups in total. The molecule has 14 heavy (non-hydrogen) atoms. The lowest BCUT2D eigenvalue weighted by Gasteiger charge is -1.95. The van der Waals surface area contributed by atoms with Crippen molar-refractivity contribution in [2.75, 3.05) is 5.73 Å². The molecule has 0 unspecified atom stereocenters. The van der Waals surface area contributed by atoms with Crippen LogP contribution in [-0.2, 0) is 7.05 Å². The zero-order valence-electron chi connectivity index (χ0n) is 7.60. The van der Waals surface area contributed by atoms with E-state index in [4.69, 9.17) is 10.2 Å². The maximum atomic E-state index is 11.0. The third-order valence-electron chi connectivity index (χ3n) is 1.82. The van der Waals surface area contributed by atoms with E-state index in [0.717, 1.165) is 4.68 Å². The van der Waals surface area contributed by atoms with Crippen LogP contribution < -0.4 is 11.5 Å². The highest BCUT2D eigenvalue weighted by molar-refractivity contribution is 5.59. The number of benzene rings is 1. The molecule has 0 amide bonds. The van der Waals surface area contributed by atoms with Crippen LogP contribution in [0.15, 0.2) is 33.5 Å². The van der Waals surface area contributed by atoms with Crippen molar-refractivity contribution in [3.63, 3.8) is 0 Å². The fourth-order valence-electron chi connectivity index (χ4n) is 1.13. The first-order valence-electron chi connectivity index (χ1n) is 4.07. The molecule has 0 saturated heterocycles. The number of nitrogens with two attached hydrogens (primary N) is 1. The van der Waals surface area contributed by atoms with Crippen LogP contribution in [-0.4, -0.2) is 9.78 Å². The number of anilines is 1. The summed E-state index contributed by atoms with van der Waals surface area (Å²) in [6.45, 7) is 0. The van der Waals surface area contributed by atoms with Gasteiger partial charge in [0.15, 0.2) is 0 Å².